The number of nitrogens with one attached hydrogen (secondary N) is 2. The third kappa shape index (κ3) is 2.39. The Kier molecular flexibility index (Phi) is 3.28. The lowest BCUT2D eigenvalue weighted by Crippen LogP contribution is -2.23. The van der Waals surface area contributed by atoms with Crippen LogP contribution in [0.1, 0.15) is 12.0 Å². The van der Waals surface area contributed by atoms with E-state index in [0.29, 0.717) is 5.49 Å². The van der Waals surface area contributed by atoms with Crippen LogP contribution in [0.25, 0.3) is 11.0 Å². The molecule has 0 saturated carbocycles. The highest BCUT2D eigenvalue weighted by atomic mass is 15.1. The fourth-order valence-electron chi connectivity index (χ4n) is 1.96. The van der Waals surface area contributed by atoms with Crippen LogP contribution in [-0.4, -0.2) is 40.1 Å². The van der Waals surface area contributed by atoms with Gasteiger partial charge in [0.25, 0.3) is 0 Å². The monoisotopic (exact) mass is 233 g/mol. The summed E-state index contributed by atoms with van der Waals surface area (Å²) in [4.78, 5) is 9.56. The SMILES string of the molecule is Cc1c[nH]c2ncn(CCCN(C)C)c(=N)c12. The number of hydrogen-bond acceptors (Lipinski definition) is 3. The van der Waals surface area contributed by atoms with Crippen molar-refractivity contribution in [3.05, 3.63) is 23.6 Å². The van der Waals surface area contributed by atoms with Gasteiger partial charge in [-0.05, 0) is 39.5 Å². The Balaban J connectivity index is 2.26. The number of aromatic amines is 1. The molecule has 0 aliphatic carbocycles. The summed E-state index contributed by atoms with van der Waals surface area (Å²) in [5.41, 5.74) is 2.43. The van der Waals surface area contributed by atoms with Crippen molar-refractivity contribution in [2.45, 2.75) is 19.9 Å². The number of aryl methyl sites for hydroxylation is 2. The Hall–Kier alpha value is -1.62. The van der Waals surface area contributed by atoms with Gasteiger partial charge in [0.2, 0.25) is 0 Å². The van der Waals surface area contributed by atoms with Crippen molar-refractivity contribution in [3.63, 3.8) is 0 Å². The molecule has 2 aromatic rings. The molecule has 0 bridgehead atoms. The molecule has 2 N–H and O–H groups in total. The van der Waals surface area contributed by atoms with E-state index in [1.54, 1.807) is 6.33 Å². The third-order valence-electron chi connectivity index (χ3n) is 2.91. The van der Waals surface area contributed by atoms with Crippen LogP contribution >= 0.6 is 0 Å². The molecule has 0 saturated heterocycles. The zero-order valence-corrected chi connectivity index (χ0v) is 10.6. The highest BCUT2D eigenvalue weighted by Crippen LogP contribution is 2.09. The van der Waals surface area contributed by atoms with Crippen LogP contribution in [0.2, 0.25) is 0 Å². The number of rotatable bonds is 4. The van der Waals surface area contributed by atoms with Gasteiger partial charge in [-0.25, -0.2) is 4.98 Å². The van der Waals surface area contributed by atoms with E-state index in [-0.39, 0.29) is 0 Å². The molecule has 5 heteroatoms. The van der Waals surface area contributed by atoms with Crippen LogP contribution in [0.3, 0.4) is 0 Å². The first-order chi connectivity index (χ1) is 8.09. The number of hydrogen-bond donors (Lipinski definition) is 2. The molecular formula is C12H19N5. The Labute approximate surface area is 101 Å². The molecule has 17 heavy (non-hydrogen) atoms. The maximum atomic E-state index is 8.17. The molecule has 0 aliphatic heterocycles. The fraction of sp³-hybridized carbons (Fsp3) is 0.500. The van der Waals surface area contributed by atoms with Crippen LogP contribution in [0.5, 0.6) is 0 Å². The van der Waals surface area contributed by atoms with Gasteiger partial charge in [0.1, 0.15) is 11.1 Å². The van der Waals surface area contributed by atoms with Crippen molar-refractivity contribution in [2.24, 2.45) is 0 Å². The van der Waals surface area contributed by atoms with Gasteiger partial charge in [-0.3, -0.25) is 5.41 Å². The first-order valence-corrected chi connectivity index (χ1v) is 5.82. The molecule has 0 atom stereocenters. The molecular weight excluding hydrogens is 214 g/mol. The number of fused-ring (bicyclic) bond motifs is 1. The van der Waals surface area contributed by atoms with Crippen molar-refractivity contribution >= 4 is 11.0 Å². The van der Waals surface area contributed by atoms with E-state index in [1.165, 1.54) is 0 Å². The molecule has 0 radical (unpaired) electrons. The standard InChI is InChI=1S/C12H19N5/c1-9-7-14-12-10(9)11(13)17(8-15-12)6-4-5-16(2)3/h7-8,13-14H,4-6H2,1-3H3. The first-order valence-electron chi connectivity index (χ1n) is 5.82. The smallest absolute Gasteiger partial charge is 0.143 e. The molecule has 0 spiro atoms. The van der Waals surface area contributed by atoms with E-state index < -0.39 is 0 Å². The Morgan fingerprint density at radius 3 is 2.94 bits per heavy atom. The summed E-state index contributed by atoms with van der Waals surface area (Å²) in [6.07, 6.45) is 4.68. The molecule has 0 aromatic carbocycles. The molecule has 0 unspecified atom stereocenters. The second-order valence-electron chi connectivity index (χ2n) is 4.64. The highest BCUT2D eigenvalue weighted by Gasteiger charge is 2.05. The predicted octanol–water partition coefficient (Wildman–Crippen LogP) is 1.10. The minimum absolute atomic E-state index is 0.549. The second kappa shape index (κ2) is 4.71. The van der Waals surface area contributed by atoms with Gasteiger partial charge in [0.05, 0.1) is 11.7 Å². The number of H-pyrrole nitrogens is 1. The zero-order valence-electron chi connectivity index (χ0n) is 10.6. The van der Waals surface area contributed by atoms with Crippen molar-refractivity contribution < 1.29 is 0 Å². The van der Waals surface area contributed by atoms with Crippen molar-refractivity contribution in [1.82, 2.24) is 19.4 Å². The van der Waals surface area contributed by atoms with E-state index in [4.69, 9.17) is 5.41 Å². The van der Waals surface area contributed by atoms with Crippen LogP contribution in [0.15, 0.2) is 12.5 Å². The van der Waals surface area contributed by atoms with Crippen LogP contribution in [0.4, 0.5) is 0 Å². The largest absolute Gasteiger partial charge is 0.346 e. The van der Waals surface area contributed by atoms with Crippen LogP contribution in [-0.2, 0) is 6.54 Å². The summed E-state index contributed by atoms with van der Waals surface area (Å²) in [6.45, 7) is 3.86. The topological polar surface area (TPSA) is 60.7 Å². The molecule has 0 amide bonds. The summed E-state index contributed by atoms with van der Waals surface area (Å²) in [7, 11) is 4.12. The average molecular weight is 233 g/mol. The minimum Gasteiger partial charge on any atom is -0.346 e. The van der Waals surface area contributed by atoms with E-state index in [1.807, 2.05) is 17.7 Å². The lowest BCUT2D eigenvalue weighted by atomic mass is 10.2. The predicted molar refractivity (Wildman–Crippen MR) is 67.8 cm³/mol. The molecule has 2 rings (SSSR count). The Morgan fingerprint density at radius 1 is 1.47 bits per heavy atom. The summed E-state index contributed by atoms with van der Waals surface area (Å²) in [5.74, 6) is 0. The number of nitrogens with zero attached hydrogens (tertiary/aromatic N) is 3. The van der Waals surface area contributed by atoms with Gasteiger partial charge in [-0.15, -0.1) is 0 Å². The van der Waals surface area contributed by atoms with E-state index in [2.05, 4.69) is 29.0 Å². The summed E-state index contributed by atoms with van der Waals surface area (Å²) >= 11 is 0. The second-order valence-corrected chi connectivity index (χ2v) is 4.64. The van der Waals surface area contributed by atoms with Gasteiger partial charge in [-0.1, -0.05) is 0 Å². The first kappa shape index (κ1) is 11.9. The van der Waals surface area contributed by atoms with Crippen LogP contribution in [0, 0.1) is 12.3 Å². The summed E-state index contributed by atoms with van der Waals surface area (Å²) < 4.78 is 1.91. The molecule has 92 valence electrons. The highest BCUT2D eigenvalue weighted by molar-refractivity contribution is 5.77. The zero-order chi connectivity index (χ0) is 12.4. The molecule has 5 nitrogen and oxygen atoms in total. The van der Waals surface area contributed by atoms with Gasteiger partial charge in [-0.2, -0.15) is 0 Å². The normalized spacial score (nSPS) is 11.5. The lowest BCUT2D eigenvalue weighted by Gasteiger charge is -2.11. The maximum absolute atomic E-state index is 8.17. The Bertz CT molecular complexity index is 564. The number of aromatic nitrogens is 3. The van der Waals surface area contributed by atoms with Crippen molar-refractivity contribution in [1.29, 1.82) is 5.41 Å². The molecule has 2 aromatic heterocycles. The van der Waals surface area contributed by atoms with E-state index in [0.717, 1.165) is 36.1 Å². The lowest BCUT2D eigenvalue weighted by molar-refractivity contribution is 0.383. The van der Waals surface area contributed by atoms with E-state index in [9.17, 15) is 0 Å². The van der Waals surface area contributed by atoms with Gasteiger partial charge >= 0.3 is 0 Å². The minimum atomic E-state index is 0.549. The van der Waals surface area contributed by atoms with Gasteiger partial charge < -0.3 is 14.5 Å². The molecule has 0 fully saturated rings. The maximum Gasteiger partial charge on any atom is 0.143 e. The third-order valence-corrected chi connectivity index (χ3v) is 2.91. The average Bonchev–Trinajstić information content (AvgIpc) is 2.64. The fourth-order valence-corrected chi connectivity index (χ4v) is 1.96. The Morgan fingerprint density at radius 2 is 2.24 bits per heavy atom. The van der Waals surface area contributed by atoms with E-state index >= 15 is 0 Å². The summed E-state index contributed by atoms with van der Waals surface area (Å²) in [6, 6.07) is 0. The van der Waals surface area contributed by atoms with Gasteiger partial charge in [0, 0.05) is 12.7 Å². The van der Waals surface area contributed by atoms with Crippen molar-refractivity contribution in [2.75, 3.05) is 20.6 Å². The summed E-state index contributed by atoms with van der Waals surface area (Å²) in [5, 5.41) is 9.10. The van der Waals surface area contributed by atoms with Gasteiger partial charge in [0.15, 0.2) is 0 Å². The molecule has 2 heterocycles. The quantitative estimate of drug-likeness (QED) is 0.831. The van der Waals surface area contributed by atoms with Crippen molar-refractivity contribution in [3.8, 4) is 0 Å². The van der Waals surface area contributed by atoms with Crippen LogP contribution < -0.4 is 5.49 Å². The molecule has 0 aliphatic rings.